The molecule has 26 heavy (non-hydrogen) atoms. The number of carbonyl (C=O) groups is 4. The SMILES string of the molecule is O=C(NNC(=O)c1ccccn1)c1ccc(CN2C(=O)CCC2=O)cc1. The van der Waals surface area contributed by atoms with Crippen LogP contribution in [0, 0.1) is 0 Å². The second-order valence-corrected chi connectivity index (χ2v) is 5.69. The van der Waals surface area contributed by atoms with E-state index in [0.29, 0.717) is 5.56 Å². The molecule has 1 aromatic carbocycles. The Balaban J connectivity index is 1.56. The Bertz CT molecular complexity index is 833. The number of pyridine rings is 1. The van der Waals surface area contributed by atoms with Gasteiger partial charge < -0.3 is 0 Å². The maximum atomic E-state index is 12.1. The molecule has 132 valence electrons. The van der Waals surface area contributed by atoms with Crippen LogP contribution in [-0.4, -0.2) is 33.5 Å². The van der Waals surface area contributed by atoms with Gasteiger partial charge in [-0.15, -0.1) is 0 Å². The van der Waals surface area contributed by atoms with Crippen molar-refractivity contribution in [2.75, 3.05) is 0 Å². The topological polar surface area (TPSA) is 108 Å². The van der Waals surface area contributed by atoms with Crippen LogP contribution in [0.5, 0.6) is 0 Å². The summed E-state index contributed by atoms with van der Waals surface area (Å²) in [6.45, 7) is 0.190. The van der Waals surface area contributed by atoms with Crippen LogP contribution in [0.4, 0.5) is 0 Å². The zero-order chi connectivity index (χ0) is 18.5. The van der Waals surface area contributed by atoms with Crippen LogP contribution in [0.25, 0.3) is 0 Å². The first-order valence-corrected chi connectivity index (χ1v) is 7.98. The van der Waals surface area contributed by atoms with Gasteiger partial charge in [-0.2, -0.15) is 0 Å². The highest BCUT2D eigenvalue weighted by molar-refractivity contribution is 6.02. The monoisotopic (exact) mass is 352 g/mol. The third-order valence-corrected chi connectivity index (χ3v) is 3.90. The number of hydrazine groups is 1. The Morgan fingerprint density at radius 1 is 0.923 bits per heavy atom. The van der Waals surface area contributed by atoms with E-state index >= 15 is 0 Å². The van der Waals surface area contributed by atoms with Gasteiger partial charge in [0.2, 0.25) is 11.8 Å². The number of nitrogens with zero attached hydrogens (tertiary/aromatic N) is 2. The molecule has 1 saturated heterocycles. The average molecular weight is 352 g/mol. The van der Waals surface area contributed by atoms with E-state index < -0.39 is 11.8 Å². The number of imide groups is 1. The Labute approximate surface area is 149 Å². The molecular weight excluding hydrogens is 336 g/mol. The van der Waals surface area contributed by atoms with E-state index in [1.807, 2.05) is 0 Å². The van der Waals surface area contributed by atoms with Gasteiger partial charge in [0.1, 0.15) is 5.69 Å². The molecule has 2 N–H and O–H groups in total. The number of aromatic nitrogens is 1. The molecule has 1 fully saturated rings. The molecule has 2 aromatic rings. The number of hydrogen-bond donors (Lipinski definition) is 2. The van der Waals surface area contributed by atoms with Crippen LogP contribution in [0.1, 0.15) is 39.3 Å². The highest BCUT2D eigenvalue weighted by Crippen LogP contribution is 2.16. The van der Waals surface area contributed by atoms with Gasteiger partial charge in [0, 0.05) is 24.6 Å². The van der Waals surface area contributed by atoms with Crippen LogP contribution < -0.4 is 10.9 Å². The molecule has 3 rings (SSSR count). The normalized spacial score (nSPS) is 13.6. The van der Waals surface area contributed by atoms with Gasteiger partial charge in [0.05, 0.1) is 6.54 Å². The molecule has 0 bridgehead atoms. The molecular formula is C18H16N4O4. The smallest absolute Gasteiger partial charge is 0.278 e. The largest absolute Gasteiger partial charge is 0.288 e. The van der Waals surface area contributed by atoms with Crippen LogP contribution in [0.2, 0.25) is 0 Å². The van der Waals surface area contributed by atoms with E-state index in [0.717, 1.165) is 5.56 Å². The molecule has 0 spiro atoms. The van der Waals surface area contributed by atoms with Crippen molar-refractivity contribution >= 4 is 23.6 Å². The summed E-state index contributed by atoms with van der Waals surface area (Å²) in [5.74, 6) is -1.39. The molecule has 0 unspecified atom stereocenters. The standard InChI is InChI=1S/C18H16N4O4/c23-15-8-9-16(24)22(15)11-12-4-6-13(7-5-12)17(25)20-21-18(26)14-3-1-2-10-19-14/h1-7,10H,8-9,11H2,(H,20,25)(H,21,26). The highest BCUT2D eigenvalue weighted by Gasteiger charge is 2.28. The van der Waals surface area contributed by atoms with E-state index in [4.69, 9.17) is 0 Å². The lowest BCUT2D eigenvalue weighted by atomic mass is 10.1. The number of likely N-dealkylation sites (tertiary alicyclic amines) is 1. The van der Waals surface area contributed by atoms with Crippen molar-refractivity contribution in [2.45, 2.75) is 19.4 Å². The van der Waals surface area contributed by atoms with Gasteiger partial charge in [0.25, 0.3) is 11.8 Å². The zero-order valence-electron chi connectivity index (χ0n) is 13.8. The number of carbonyl (C=O) groups excluding carboxylic acids is 4. The summed E-state index contributed by atoms with van der Waals surface area (Å²) in [4.78, 5) is 52.2. The predicted molar refractivity (Wildman–Crippen MR) is 90.4 cm³/mol. The number of nitrogens with one attached hydrogen (secondary N) is 2. The predicted octanol–water partition coefficient (Wildman–Crippen LogP) is 0.805. The van der Waals surface area contributed by atoms with Crippen molar-refractivity contribution in [1.29, 1.82) is 0 Å². The zero-order valence-corrected chi connectivity index (χ0v) is 13.8. The fourth-order valence-corrected chi connectivity index (χ4v) is 2.49. The van der Waals surface area contributed by atoms with Gasteiger partial charge in [0.15, 0.2) is 0 Å². The maximum absolute atomic E-state index is 12.1. The molecule has 4 amide bonds. The fraction of sp³-hybridized carbons (Fsp3) is 0.167. The van der Waals surface area contributed by atoms with Gasteiger partial charge in [-0.3, -0.25) is 39.9 Å². The third kappa shape index (κ3) is 3.92. The minimum absolute atomic E-state index is 0.183. The van der Waals surface area contributed by atoms with E-state index in [1.165, 1.54) is 17.2 Å². The average Bonchev–Trinajstić information content (AvgIpc) is 2.99. The van der Waals surface area contributed by atoms with E-state index in [9.17, 15) is 19.2 Å². The summed E-state index contributed by atoms with van der Waals surface area (Å²) in [5.41, 5.74) is 5.84. The van der Waals surface area contributed by atoms with E-state index in [-0.39, 0.29) is 36.9 Å². The number of rotatable bonds is 4. The van der Waals surface area contributed by atoms with E-state index in [2.05, 4.69) is 15.8 Å². The lowest BCUT2D eigenvalue weighted by molar-refractivity contribution is -0.139. The second-order valence-electron chi connectivity index (χ2n) is 5.69. The third-order valence-electron chi connectivity index (χ3n) is 3.90. The first kappa shape index (κ1) is 17.3. The van der Waals surface area contributed by atoms with Crippen LogP contribution >= 0.6 is 0 Å². The Kier molecular flexibility index (Phi) is 5.02. The molecule has 1 aliphatic heterocycles. The molecule has 8 nitrogen and oxygen atoms in total. The summed E-state index contributed by atoms with van der Waals surface area (Å²) in [6.07, 6.45) is 1.97. The number of hydrogen-bond acceptors (Lipinski definition) is 5. The maximum Gasteiger partial charge on any atom is 0.288 e. The summed E-state index contributed by atoms with van der Waals surface area (Å²) in [7, 11) is 0. The second kappa shape index (κ2) is 7.56. The molecule has 1 aliphatic rings. The molecule has 0 saturated carbocycles. The van der Waals surface area contributed by atoms with Crippen LogP contribution in [0.3, 0.4) is 0 Å². The van der Waals surface area contributed by atoms with Gasteiger partial charge in [-0.1, -0.05) is 18.2 Å². The number of benzene rings is 1. The van der Waals surface area contributed by atoms with Crippen molar-refractivity contribution in [1.82, 2.24) is 20.7 Å². The fourth-order valence-electron chi connectivity index (χ4n) is 2.49. The summed E-state index contributed by atoms with van der Waals surface area (Å²) in [6, 6.07) is 11.3. The van der Waals surface area contributed by atoms with Crippen LogP contribution in [0.15, 0.2) is 48.7 Å². The molecule has 0 atom stereocenters. The summed E-state index contributed by atoms with van der Waals surface area (Å²) < 4.78 is 0. The van der Waals surface area contributed by atoms with Crippen molar-refractivity contribution in [3.05, 3.63) is 65.5 Å². The number of amides is 4. The lowest BCUT2D eigenvalue weighted by Crippen LogP contribution is -2.41. The van der Waals surface area contributed by atoms with Crippen molar-refractivity contribution in [3.63, 3.8) is 0 Å². The molecule has 0 radical (unpaired) electrons. The molecule has 0 aliphatic carbocycles. The molecule has 1 aromatic heterocycles. The minimum Gasteiger partial charge on any atom is -0.278 e. The van der Waals surface area contributed by atoms with E-state index in [1.54, 1.807) is 36.4 Å². The van der Waals surface area contributed by atoms with Gasteiger partial charge in [-0.25, -0.2) is 0 Å². The highest BCUT2D eigenvalue weighted by atomic mass is 16.2. The van der Waals surface area contributed by atoms with Crippen molar-refractivity contribution < 1.29 is 19.2 Å². The minimum atomic E-state index is -0.526. The quantitative estimate of drug-likeness (QED) is 0.625. The van der Waals surface area contributed by atoms with Gasteiger partial charge >= 0.3 is 0 Å². The summed E-state index contributed by atoms with van der Waals surface area (Å²) >= 11 is 0. The van der Waals surface area contributed by atoms with Crippen LogP contribution in [-0.2, 0) is 16.1 Å². The Hall–Kier alpha value is -3.55. The Morgan fingerprint density at radius 3 is 2.19 bits per heavy atom. The molecule has 8 heteroatoms. The molecule has 2 heterocycles. The summed E-state index contributed by atoms with van der Waals surface area (Å²) in [5, 5.41) is 0. The first-order chi connectivity index (χ1) is 12.5. The van der Waals surface area contributed by atoms with Gasteiger partial charge in [-0.05, 0) is 29.8 Å². The van der Waals surface area contributed by atoms with Crippen molar-refractivity contribution in [2.24, 2.45) is 0 Å². The Morgan fingerprint density at radius 2 is 1.58 bits per heavy atom. The van der Waals surface area contributed by atoms with Crippen molar-refractivity contribution in [3.8, 4) is 0 Å². The lowest BCUT2D eigenvalue weighted by Gasteiger charge is -2.14. The first-order valence-electron chi connectivity index (χ1n) is 7.98.